The van der Waals surface area contributed by atoms with Crippen molar-refractivity contribution in [3.05, 3.63) is 0 Å². The Kier molecular flexibility index (Phi) is 2.87. The van der Waals surface area contributed by atoms with Crippen molar-refractivity contribution in [1.82, 2.24) is 5.32 Å². The molecule has 17 heavy (non-hydrogen) atoms. The van der Waals surface area contributed by atoms with Gasteiger partial charge < -0.3 is 15.9 Å². The number of amides is 1. The monoisotopic (exact) mass is 241 g/mol. The van der Waals surface area contributed by atoms with E-state index in [4.69, 9.17) is 5.73 Å². The van der Waals surface area contributed by atoms with Crippen molar-refractivity contribution in [1.29, 1.82) is 0 Å². The number of hydrogen-bond acceptors (Lipinski definition) is 5. The van der Waals surface area contributed by atoms with Crippen LogP contribution in [0, 0.1) is 11.8 Å². The molecule has 1 spiro atoms. The fourth-order valence-electron chi connectivity index (χ4n) is 3.13. The second-order valence-corrected chi connectivity index (χ2v) is 5.27. The van der Waals surface area contributed by atoms with Crippen LogP contribution in [-0.2, 0) is 4.79 Å². The predicted molar refractivity (Wildman–Crippen MR) is 62.1 cm³/mol. The van der Waals surface area contributed by atoms with Crippen LogP contribution in [0.25, 0.3) is 0 Å². The van der Waals surface area contributed by atoms with Crippen LogP contribution < -0.4 is 11.1 Å². The maximum absolute atomic E-state index is 11.6. The molecule has 1 aliphatic heterocycles. The predicted octanol–water partition coefficient (Wildman–Crippen LogP) is -1.04. The molecule has 5 atom stereocenters. The van der Waals surface area contributed by atoms with Crippen molar-refractivity contribution in [2.45, 2.75) is 44.4 Å². The van der Waals surface area contributed by atoms with Crippen LogP contribution in [-0.4, -0.2) is 39.8 Å². The SMILES string of the molecule is C[C@H]1C[C@@H](O)[C@@]2(N=C(N)NC(=O)[C@H]2O)[C@@H](C)C1. The number of carbonyl (C=O) groups excluding carboxylic acids is 1. The third-order valence-corrected chi connectivity index (χ3v) is 3.96. The quantitative estimate of drug-likeness (QED) is 0.434. The highest BCUT2D eigenvalue weighted by atomic mass is 16.3. The first-order valence-electron chi connectivity index (χ1n) is 5.90. The molecule has 2 aliphatic rings. The third-order valence-electron chi connectivity index (χ3n) is 3.96. The molecule has 1 saturated carbocycles. The van der Waals surface area contributed by atoms with Crippen molar-refractivity contribution >= 4 is 11.9 Å². The number of nitrogens with one attached hydrogen (secondary N) is 1. The van der Waals surface area contributed by atoms with Crippen LogP contribution >= 0.6 is 0 Å². The maximum atomic E-state index is 11.6. The van der Waals surface area contributed by atoms with E-state index >= 15 is 0 Å². The van der Waals surface area contributed by atoms with Crippen molar-refractivity contribution < 1.29 is 15.0 Å². The van der Waals surface area contributed by atoms with Gasteiger partial charge in [-0.3, -0.25) is 10.1 Å². The highest BCUT2D eigenvalue weighted by Crippen LogP contribution is 2.43. The number of guanidine groups is 1. The lowest BCUT2D eigenvalue weighted by atomic mass is 9.65. The van der Waals surface area contributed by atoms with Gasteiger partial charge in [-0.15, -0.1) is 0 Å². The van der Waals surface area contributed by atoms with E-state index in [1.807, 2.05) is 13.8 Å². The van der Waals surface area contributed by atoms with Gasteiger partial charge in [0.15, 0.2) is 12.1 Å². The van der Waals surface area contributed by atoms with Gasteiger partial charge >= 0.3 is 0 Å². The summed E-state index contributed by atoms with van der Waals surface area (Å²) in [5.74, 6) is -0.362. The third kappa shape index (κ3) is 1.71. The first-order chi connectivity index (χ1) is 7.87. The Labute approximate surface area is 99.9 Å². The standard InChI is InChI=1S/C11H19N3O3/c1-5-3-6(2)11(7(15)4-5)8(16)9(17)13-10(12)14-11/h5-8,15-16H,3-4H2,1-2H3,(H3,12,13,14,17)/t5-,6+,7-,8-,11+/m1/s1. The lowest BCUT2D eigenvalue weighted by molar-refractivity contribution is -0.143. The van der Waals surface area contributed by atoms with Crippen LogP contribution in [0.2, 0.25) is 0 Å². The molecule has 0 aromatic carbocycles. The average molecular weight is 241 g/mol. The zero-order valence-electron chi connectivity index (χ0n) is 10.1. The summed E-state index contributed by atoms with van der Waals surface area (Å²) in [6, 6.07) is 0. The lowest BCUT2D eigenvalue weighted by Gasteiger charge is -2.48. The molecule has 0 bridgehead atoms. The molecule has 2 rings (SSSR count). The highest BCUT2D eigenvalue weighted by Gasteiger charge is 2.56. The van der Waals surface area contributed by atoms with Gasteiger partial charge in [0, 0.05) is 0 Å². The van der Waals surface area contributed by atoms with E-state index in [1.165, 1.54) is 0 Å². The summed E-state index contributed by atoms with van der Waals surface area (Å²) in [5.41, 5.74) is 4.37. The number of aliphatic hydroxyl groups is 2. The van der Waals surface area contributed by atoms with Crippen LogP contribution in [0.1, 0.15) is 26.7 Å². The van der Waals surface area contributed by atoms with Crippen LogP contribution in [0.4, 0.5) is 0 Å². The first-order valence-corrected chi connectivity index (χ1v) is 5.90. The summed E-state index contributed by atoms with van der Waals surface area (Å²) in [6.07, 6.45) is -0.864. The second kappa shape index (κ2) is 3.96. The van der Waals surface area contributed by atoms with E-state index < -0.39 is 23.7 Å². The average Bonchev–Trinajstić information content (AvgIpc) is 2.20. The summed E-state index contributed by atoms with van der Waals surface area (Å²) in [4.78, 5) is 15.8. The summed E-state index contributed by atoms with van der Waals surface area (Å²) in [7, 11) is 0. The fourth-order valence-corrected chi connectivity index (χ4v) is 3.13. The fraction of sp³-hybridized carbons (Fsp3) is 0.818. The number of aliphatic imine (C=N–C) groups is 1. The molecular weight excluding hydrogens is 222 g/mol. The Morgan fingerprint density at radius 3 is 2.65 bits per heavy atom. The van der Waals surface area contributed by atoms with Gasteiger partial charge in [0.1, 0.15) is 5.54 Å². The number of aliphatic hydroxyl groups excluding tert-OH is 2. The molecule has 0 aromatic heterocycles. The van der Waals surface area contributed by atoms with E-state index in [9.17, 15) is 15.0 Å². The van der Waals surface area contributed by atoms with Crippen LogP contribution in [0.15, 0.2) is 4.99 Å². The van der Waals surface area contributed by atoms with E-state index in [1.54, 1.807) is 0 Å². The molecule has 1 amide bonds. The van der Waals surface area contributed by atoms with Gasteiger partial charge in [-0.1, -0.05) is 13.8 Å². The molecule has 5 N–H and O–H groups in total. The zero-order chi connectivity index (χ0) is 12.8. The maximum Gasteiger partial charge on any atom is 0.258 e. The number of hydrogen-bond donors (Lipinski definition) is 4. The molecule has 1 fully saturated rings. The number of rotatable bonds is 0. The molecule has 6 nitrogen and oxygen atoms in total. The molecule has 1 aliphatic carbocycles. The molecule has 0 saturated heterocycles. The molecule has 96 valence electrons. The largest absolute Gasteiger partial charge is 0.390 e. The minimum atomic E-state index is -1.34. The van der Waals surface area contributed by atoms with Crippen molar-refractivity contribution in [3.8, 4) is 0 Å². The van der Waals surface area contributed by atoms with E-state index in [0.29, 0.717) is 12.3 Å². The molecule has 0 unspecified atom stereocenters. The van der Waals surface area contributed by atoms with Gasteiger partial charge in [0.05, 0.1) is 6.10 Å². The molecule has 1 heterocycles. The van der Waals surface area contributed by atoms with Gasteiger partial charge in [0.25, 0.3) is 5.91 Å². The topological polar surface area (TPSA) is 108 Å². The smallest absolute Gasteiger partial charge is 0.258 e. The van der Waals surface area contributed by atoms with Gasteiger partial charge in [0.2, 0.25) is 0 Å². The number of nitrogens with zero attached hydrogens (tertiary/aromatic N) is 1. The van der Waals surface area contributed by atoms with Gasteiger partial charge in [-0.25, -0.2) is 4.99 Å². The summed E-state index contributed by atoms with van der Waals surface area (Å²) >= 11 is 0. The molecular formula is C11H19N3O3. The summed E-state index contributed by atoms with van der Waals surface area (Å²) in [6.45, 7) is 3.92. The Morgan fingerprint density at radius 2 is 2.06 bits per heavy atom. The highest BCUT2D eigenvalue weighted by molar-refractivity contribution is 6.01. The first kappa shape index (κ1) is 12.3. The summed E-state index contributed by atoms with van der Waals surface area (Å²) < 4.78 is 0. The second-order valence-electron chi connectivity index (χ2n) is 5.27. The Morgan fingerprint density at radius 1 is 1.41 bits per heavy atom. The summed E-state index contributed by atoms with van der Waals surface area (Å²) in [5, 5.41) is 22.6. The minimum absolute atomic E-state index is 0.0271. The van der Waals surface area contributed by atoms with Crippen LogP contribution in [0.5, 0.6) is 0 Å². The number of nitrogens with two attached hydrogens (primary N) is 1. The van der Waals surface area contributed by atoms with E-state index in [0.717, 1.165) is 6.42 Å². The molecule has 0 radical (unpaired) electrons. The lowest BCUT2D eigenvalue weighted by Crippen LogP contribution is -2.67. The van der Waals surface area contributed by atoms with Crippen molar-refractivity contribution in [2.75, 3.05) is 0 Å². The Hall–Kier alpha value is -1.14. The van der Waals surface area contributed by atoms with Gasteiger partial charge in [-0.05, 0) is 24.7 Å². The normalized spacial score (nSPS) is 46.6. The van der Waals surface area contributed by atoms with E-state index in [-0.39, 0.29) is 11.9 Å². The zero-order valence-corrected chi connectivity index (χ0v) is 10.1. The van der Waals surface area contributed by atoms with Crippen molar-refractivity contribution in [3.63, 3.8) is 0 Å². The minimum Gasteiger partial charge on any atom is -0.390 e. The molecule has 6 heteroatoms. The van der Waals surface area contributed by atoms with Gasteiger partial charge in [-0.2, -0.15) is 0 Å². The molecule has 0 aromatic rings. The Bertz CT molecular complexity index is 357. The number of carbonyl (C=O) groups is 1. The van der Waals surface area contributed by atoms with Crippen LogP contribution in [0.3, 0.4) is 0 Å². The van der Waals surface area contributed by atoms with Crippen molar-refractivity contribution in [2.24, 2.45) is 22.6 Å². The van der Waals surface area contributed by atoms with E-state index in [2.05, 4.69) is 10.3 Å². The Balaban J connectivity index is 2.44.